The topological polar surface area (TPSA) is 24.9 Å². The van der Waals surface area contributed by atoms with Crippen LogP contribution in [0.5, 0.6) is 0 Å². The molecule has 0 spiro atoms. The summed E-state index contributed by atoms with van der Waals surface area (Å²) in [6.45, 7) is 7.81. The molecule has 0 aliphatic heterocycles. The van der Waals surface area contributed by atoms with E-state index < -0.39 is 0 Å². The molecule has 0 radical (unpaired) electrons. The Morgan fingerprint density at radius 3 is 2.39 bits per heavy atom. The molecule has 1 aromatic heterocycles. The average molecular weight is 246 g/mol. The maximum absolute atomic E-state index is 4.14. The van der Waals surface area contributed by atoms with Crippen LogP contribution in [0.4, 0.5) is 0 Å². The van der Waals surface area contributed by atoms with E-state index in [9.17, 15) is 0 Å². The van der Waals surface area contributed by atoms with Gasteiger partial charge in [0.1, 0.15) is 0 Å². The molecule has 1 aromatic rings. The Labute approximate surface area is 111 Å². The molecule has 2 rings (SSSR count). The van der Waals surface area contributed by atoms with Crippen LogP contribution in [0.1, 0.15) is 57.9 Å². The van der Waals surface area contributed by atoms with E-state index in [1.807, 2.05) is 12.4 Å². The zero-order valence-corrected chi connectivity index (χ0v) is 11.9. The van der Waals surface area contributed by atoms with Gasteiger partial charge in [-0.3, -0.25) is 4.98 Å². The van der Waals surface area contributed by atoms with Crippen LogP contribution in [0.2, 0.25) is 0 Å². The van der Waals surface area contributed by atoms with Gasteiger partial charge in [0.2, 0.25) is 0 Å². The number of hydrogen-bond acceptors (Lipinski definition) is 2. The molecule has 1 fully saturated rings. The minimum atomic E-state index is 0.198. The first-order valence-corrected chi connectivity index (χ1v) is 7.21. The van der Waals surface area contributed by atoms with E-state index in [0.717, 1.165) is 12.5 Å². The van der Waals surface area contributed by atoms with Crippen LogP contribution in [0.15, 0.2) is 24.5 Å². The van der Waals surface area contributed by atoms with Crippen LogP contribution in [0.3, 0.4) is 0 Å². The molecule has 1 saturated carbocycles. The Hall–Kier alpha value is -0.890. The summed E-state index contributed by atoms with van der Waals surface area (Å²) in [5, 5.41) is 3.68. The number of nitrogens with zero attached hydrogens (tertiary/aromatic N) is 1. The molecule has 0 aromatic carbocycles. The molecule has 1 heterocycles. The molecule has 0 saturated heterocycles. The van der Waals surface area contributed by atoms with Crippen molar-refractivity contribution in [1.82, 2.24) is 10.3 Å². The fraction of sp³-hybridized carbons (Fsp3) is 0.688. The Kier molecular flexibility index (Phi) is 4.39. The molecule has 1 unspecified atom stereocenters. The number of nitrogens with one attached hydrogen (secondary N) is 1. The molecule has 1 N–H and O–H groups in total. The number of aromatic nitrogens is 1. The lowest BCUT2D eigenvalue weighted by molar-refractivity contribution is 0.351. The van der Waals surface area contributed by atoms with Gasteiger partial charge in [0.15, 0.2) is 0 Å². The molecule has 1 aliphatic carbocycles. The van der Waals surface area contributed by atoms with Crippen molar-refractivity contribution in [3.8, 4) is 0 Å². The Balaban J connectivity index is 2.08. The minimum Gasteiger partial charge on any atom is -0.311 e. The average Bonchev–Trinajstić information content (AvgIpc) is 2.83. The smallest absolute Gasteiger partial charge is 0.0270 e. The van der Waals surface area contributed by atoms with Crippen molar-refractivity contribution in [1.29, 1.82) is 0 Å². The summed E-state index contributed by atoms with van der Waals surface area (Å²) in [7, 11) is 0. The van der Waals surface area contributed by atoms with Gasteiger partial charge in [-0.1, -0.05) is 12.8 Å². The molecule has 100 valence electrons. The van der Waals surface area contributed by atoms with E-state index in [1.165, 1.54) is 31.2 Å². The van der Waals surface area contributed by atoms with Gasteiger partial charge < -0.3 is 5.32 Å². The van der Waals surface area contributed by atoms with Gasteiger partial charge in [0, 0.05) is 24.5 Å². The minimum absolute atomic E-state index is 0.198. The Morgan fingerprint density at radius 1 is 1.22 bits per heavy atom. The quantitative estimate of drug-likeness (QED) is 0.875. The van der Waals surface area contributed by atoms with Crippen LogP contribution in [0.25, 0.3) is 0 Å². The van der Waals surface area contributed by atoms with Crippen molar-refractivity contribution < 1.29 is 0 Å². The van der Waals surface area contributed by atoms with E-state index in [4.69, 9.17) is 0 Å². The van der Waals surface area contributed by atoms with Crippen molar-refractivity contribution in [2.45, 2.75) is 57.9 Å². The predicted octanol–water partition coefficient (Wildman–Crippen LogP) is 3.74. The third kappa shape index (κ3) is 3.81. The first kappa shape index (κ1) is 13.5. The Bertz CT molecular complexity index is 347. The van der Waals surface area contributed by atoms with E-state index in [0.29, 0.717) is 5.92 Å². The fourth-order valence-corrected chi connectivity index (χ4v) is 2.94. The summed E-state index contributed by atoms with van der Waals surface area (Å²) in [6.07, 6.45) is 9.43. The summed E-state index contributed by atoms with van der Waals surface area (Å²) in [5.74, 6) is 1.50. The van der Waals surface area contributed by atoms with Gasteiger partial charge in [-0.2, -0.15) is 0 Å². The molecule has 18 heavy (non-hydrogen) atoms. The molecule has 1 atom stereocenters. The molecule has 2 nitrogen and oxygen atoms in total. The predicted molar refractivity (Wildman–Crippen MR) is 76.7 cm³/mol. The number of rotatable bonds is 4. The highest BCUT2D eigenvalue weighted by Crippen LogP contribution is 2.37. The summed E-state index contributed by atoms with van der Waals surface area (Å²) in [4.78, 5) is 4.14. The summed E-state index contributed by atoms with van der Waals surface area (Å²) in [5.41, 5.74) is 1.65. The van der Waals surface area contributed by atoms with Crippen molar-refractivity contribution in [2.75, 3.05) is 6.54 Å². The second-order valence-corrected chi connectivity index (χ2v) is 6.56. The van der Waals surface area contributed by atoms with Gasteiger partial charge in [-0.25, -0.2) is 0 Å². The van der Waals surface area contributed by atoms with E-state index in [2.05, 4.69) is 43.2 Å². The highest BCUT2D eigenvalue weighted by atomic mass is 14.9. The normalized spacial score (nSPS) is 19.1. The molecule has 2 heteroatoms. The van der Waals surface area contributed by atoms with Crippen molar-refractivity contribution in [3.05, 3.63) is 30.1 Å². The maximum Gasteiger partial charge on any atom is 0.0270 e. The first-order valence-electron chi connectivity index (χ1n) is 7.21. The lowest BCUT2D eigenvalue weighted by Crippen LogP contribution is -2.39. The number of pyridine rings is 1. The lowest BCUT2D eigenvalue weighted by Gasteiger charge is -2.29. The van der Waals surface area contributed by atoms with E-state index in [-0.39, 0.29) is 5.54 Å². The van der Waals surface area contributed by atoms with Crippen molar-refractivity contribution >= 4 is 0 Å². The van der Waals surface area contributed by atoms with Gasteiger partial charge in [0.25, 0.3) is 0 Å². The monoisotopic (exact) mass is 246 g/mol. The fourth-order valence-electron chi connectivity index (χ4n) is 2.94. The zero-order valence-electron chi connectivity index (χ0n) is 11.9. The largest absolute Gasteiger partial charge is 0.311 e. The van der Waals surface area contributed by atoms with Gasteiger partial charge >= 0.3 is 0 Å². The second-order valence-electron chi connectivity index (χ2n) is 6.56. The first-order chi connectivity index (χ1) is 8.56. The molecule has 0 bridgehead atoms. The van der Waals surface area contributed by atoms with Crippen molar-refractivity contribution in [3.63, 3.8) is 0 Å². The third-order valence-electron chi connectivity index (χ3n) is 3.96. The lowest BCUT2D eigenvalue weighted by atomic mass is 9.84. The second kappa shape index (κ2) is 5.83. The molecular formula is C16H26N2. The van der Waals surface area contributed by atoms with Crippen LogP contribution in [-0.4, -0.2) is 17.1 Å². The Morgan fingerprint density at radius 2 is 1.83 bits per heavy atom. The summed E-state index contributed by atoms with van der Waals surface area (Å²) in [6, 6.07) is 4.38. The SMILES string of the molecule is CC(C)(C)NCC(c1ccncc1)C1CCCC1. The van der Waals surface area contributed by atoms with Gasteiger partial charge in [0.05, 0.1) is 0 Å². The molecule has 0 amide bonds. The van der Waals surface area contributed by atoms with Crippen LogP contribution in [-0.2, 0) is 0 Å². The number of hydrogen-bond donors (Lipinski definition) is 1. The maximum atomic E-state index is 4.14. The molecular weight excluding hydrogens is 220 g/mol. The standard InChI is InChI=1S/C16H26N2/c1-16(2,3)18-12-15(13-6-4-5-7-13)14-8-10-17-11-9-14/h8-11,13,15,18H,4-7,12H2,1-3H3. The van der Waals surface area contributed by atoms with Crippen molar-refractivity contribution in [2.24, 2.45) is 5.92 Å². The van der Waals surface area contributed by atoms with Gasteiger partial charge in [-0.05, 0) is 63.1 Å². The molecule has 1 aliphatic rings. The van der Waals surface area contributed by atoms with E-state index >= 15 is 0 Å². The summed E-state index contributed by atoms with van der Waals surface area (Å²) < 4.78 is 0. The zero-order chi connectivity index (χ0) is 13.0. The van der Waals surface area contributed by atoms with Crippen LogP contribution < -0.4 is 5.32 Å². The summed E-state index contributed by atoms with van der Waals surface area (Å²) >= 11 is 0. The highest BCUT2D eigenvalue weighted by Gasteiger charge is 2.27. The van der Waals surface area contributed by atoms with E-state index in [1.54, 1.807) is 0 Å². The van der Waals surface area contributed by atoms with Gasteiger partial charge in [-0.15, -0.1) is 0 Å². The third-order valence-corrected chi connectivity index (χ3v) is 3.96. The van der Waals surface area contributed by atoms with Crippen LogP contribution >= 0.6 is 0 Å². The van der Waals surface area contributed by atoms with Crippen LogP contribution in [0, 0.1) is 5.92 Å². The highest BCUT2D eigenvalue weighted by molar-refractivity contribution is 5.18.